The van der Waals surface area contributed by atoms with Crippen LogP contribution in [0.4, 0.5) is 10.1 Å². The largest absolute Gasteiger partial charge is 0.322 e. The summed E-state index contributed by atoms with van der Waals surface area (Å²) in [5, 5.41) is 7.79. The lowest BCUT2D eigenvalue weighted by Gasteiger charge is -2.09. The van der Waals surface area contributed by atoms with Crippen molar-refractivity contribution in [1.29, 1.82) is 0 Å². The van der Waals surface area contributed by atoms with Crippen LogP contribution in [0.2, 0.25) is 0 Å². The van der Waals surface area contributed by atoms with Gasteiger partial charge in [0, 0.05) is 17.4 Å². The number of aryl methyl sites for hydroxylation is 1. The second kappa shape index (κ2) is 5.79. The van der Waals surface area contributed by atoms with Crippen molar-refractivity contribution in [2.75, 3.05) is 5.32 Å². The van der Waals surface area contributed by atoms with Gasteiger partial charge < -0.3 is 5.32 Å². The molecule has 0 spiro atoms. The number of aromatic nitrogens is 3. The number of carbonyl (C=O) groups excluding carboxylic acids is 1. The minimum Gasteiger partial charge on any atom is -0.322 e. The number of nitrogens with one attached hydrogen (secondary N) is 1. The number of pyridine rings is 1. The van der Waals surface area contributed by atoms with Crippen LogP contribution < -0.4 is 5.32 Å². The summed E-state index contributed by atoms with van der Waals surface area (Å²) in [6, 6.07) is 7.54. The predicted molar refractivity (Wildman–Crippen MR) is 87.0 cm³/mol. The summed E-state index contributed by atoms with van der Waals surface area (Å²) in [6.45, 7) is 5.86. The number of hydrogen-bond donors (Lipinski definition) is 1. The van der Waals surface area contributed by atoms with E-state index in [9.17, 15) is 9.18 Å². The van der Waals surface area contributed by atoms with Gasteiger partial charge in [0.15, 0.2) is 5.65 Å². The molecule has 0 aliphatic heterocycles. The van der Waals surface area contributed by atoms with Crippen LogP contribution in [0.3, 0.4) is 0 Å². The Hall–Kier alpha value is -2.76. The summed E-state index contributed by atoms with van der Waals surface area (Å²) in [6.07, 6.45) is 1.65. The molecule has 3 rings (SSSR count). The molecule has 2 aromatic heterocycles. The van der Waals surface area contributed by atoms with E-state index in [1.807, 2.05) is 20.8 Å². The van der Waals surface area contributed by atoms with Gasteiger partial charge in [-0.05, 0) is 51.1 Å². The Labute approximate surface area is 133 Å². The van der Waals surface area contributed by atoms with E-state index >= 15 is 0 Å². The molecule has 6 heteroatoms. The first kappa shape index (κ1) is 15.1. The molecule has 0 bridgehead atoms. The molecule has 1 N–H and O–H groups in total. The van der Waals surface area contributed by atoms with E-state index in [4.69, 9.17) is 0 Å². The number of rotatable bonds is 3. The Morgan fingerprint density at radius 3 is 2.61 bits per heavy atom. The first-order valence-electron chi connectivity index (χ1n) is 7.37. The molecule has 2 heterocycles. The SMILES string of the molecule is Cc1cc(C(=O)Nc2ccc(F)cc2)c2cnn(C(C)C)c2n1. The second-order valence-electron chi connectivity index (χ2n) is 5.69. The molecule has 23 heavy (non-hydrogen) atoms. The number of halogens is 1. The van der Waals surface area contributed by atoms with E-state index in [1.165, 1.54) is 24.3 Å². The highest BCUT2D eigenvalue weighted by Gasteiger charge is 2.17. The predicted octanol–water partition coefficient (Wildman–Crippen LogP) is 3.71. The highest BCUT2D eigenvalue weighted by molar-refractivity contribution is 6.12. The van der Waals surface area contributed by atoms with Crippen LogP contribution in [0, 0.1) is 12.7 Å². The van der Waals surface area contributed by atoms with Crippen molar-refractivity contribution in [2.24, 2.45) is 0 Å². The van der Waals surface area contributed by atoms with Crippen LogP contribution in [0.25, 0.3) is 11.0 Å². The van der Waals surface area contributed by atoms with Gasteiger partial charge in [0.2, 0.25) is 0 Å². The fourth-order valence-electron chi connectivity index (χ4n) is 2.44. The standard InChI is InChI=1S/C17H17FN4O/c1-10(2)22-16-15(9-19-22)14(8-11(3)20-16)17(23)21-13-6-4-12(18)5-7-13/h4-10H,1-3H3,(H,21,23). The molecule has 3 aromatic rings. The van der Waals surface area contributed by atoms with Gasteiger partial charge >= 0.3 is 0 Å². The summed E-state index contributed by atoms with van der Waals surface area (Å²) < 4.78 is 14.7. The molecule has 0 saturated carbocycles. The third kappa shape index (κ3) is 2.92. The number of benzene rings is 1. The summed E-state index contributed by atoms with van der Waals surface area (Å²) in [7, 11) is 0. The van der Waals surface area contributed by atoms with Crippen LogP contribution in [-0.2, 0) is 0 Å². The zero-order valence-corrected chi connectivity index (χ0v) is 13.2. The van der Waals surface area contributed by atoms with E-state index in [0.717, 1.165) is 5.69 Å². The molecule has 0 unspecified atom stereocenters. The maximum absolute atomic E-state index is 13.0. The van der Waals surface area contributed by atoms with E-state index in [-0.39, 0.29) is 17.8 Å². The summed E-state index contributed by atoms with van der Waals surface area (Å²) >= 11 is 0. The molecular weight excluding hydrogens is 295 g/mol. The average molecular weight is 312 g/mol. The Kier molecular flexibility index (Phi) is 3.82. The third-order valence-corrected chi connectivity index (χ3v) is 3.53. The lowest BCUT2D eigenvalue weighted by molar-refractivity contribution is 0.102. The third-order valence-electron chi connectivity index (χ3n) is 3.53. The van der Waals surface area contributed by atoms with Crippen molar-refractivity contribution in [2.45, 2.75) is 26.8 Å². The number of hydrogen-bond acceptors (Lipinski definition) is 3. The van der Waals surface area contributed by atoms with Crippen molar-refractivity contribution >= 4 is 22.6 Å². The fourth-order valence-corrected chi connectivity index (χ4v) is 2.44. The number of fused-ring (bicyclic) bond motifs is 1. The number of carbonyl (C=O) groups is 1. The Morgan fingerprint density at radius 2 is 1.96 bits per heavy atom. The van der Waals surface area contributed by atoms with Gasteiger partial charge in [-0.15, -0.1) is 0 Å². The van der Waals surface area contributed by atoms with Gasteiger partial charge in [-0.3, -0.25) is 4.79 Å². The van der Waals surface area contributed by atoms with Gasteiger partial charge in [-0.2, -0.15) is 5.10 Å². The summed E-state index contributed by atoms with van der Waals surface area (Å²) in [5.41, 5.74) is 2.47. The normalized spacial score (nSPS) is 11.2. The smallest absolute Gasteiger partial charge is 0.256 e. The van der Waals surface area contributed by atoms with Crippen molar-refractivity contribution in [3.63, 3.8) is 0 Å². The zero-order chi connectivity index (χ0) is 16.6. The molecule has 0 atom stereocenters. The molecule has 118 valence electrons. The number of nitrogens with zero attached hydrogens (tertiary/aromatic N) is 3. The Bertz CT molecular complexity index is 868. The van der Waals surface area contributed by atoms with Crippen LogP contribution >= 0.6 is 0 Å². The maximum Gasteiger partial charge on any atom is 0.256 e. The second-order valence-corrected chi connectivity index (χ2v) is 5.69. The van der Waals surface area contributed by atoms with Crippen molar-refractivity contribution in [3.05, 3.63) is 53.6 Å². The number of amides is 1. The van der Waals surface area contributed by atoms with E-state index in [0.29, 0.717) is 22.3 Å². The van der Waals surface area contributed by atoms with Crippen LogP contribution in [0.15, 0.2) is 36.5 Å². The monoisotopic (exact) mass is 312 g/mol. The zero-order valence-electron chi connectivity index (χ0n) is 13.2. The van der Waals surface area contributed by atoms with Gasteiger partial charge in [0.25, 0.3) is 5.91 Å². The van der Waals surface area contributed by atoms with E-state index in [2.05, 4.69) is 15.4 Å². The maximum atomic E-state index is 13.0. The molecule has 0 fully saturated rings. The molecular formula is C17H17FN4O. The molecule has 5 nitrogen and oxygen atoms in total. The molecule has 0 saturated heterocycles. The first-order valence-corrected chi connectivity index (χ1v) is 7.37. The highest BCUT2D eigenvalue weighted by atomic mass is 19.1. The van der Waals surface area contributed by atoms with Gasteiger partial charge in [-0.25, -0.2) is 14.1 Å². The van der Waals surface area contributed by atoms with Crippen molar-refractivity contribution in [1.82, 2.24) is 14.8 Å². The number of anilines is 1. The van der Waals surface area contributed by atoms with Gasteiger partial charge in [-0.1, -0.05) is 0 Å². The van der Waals surface area contributed by atoms with E-state index in [1.54, 1.807) is 16.9 Å². The van der Waals surface area contributed by atoms with Crippen molar-refractivity contribution in [3.8, 4) is 0 Å². The minimum absolute atomic E-state index is 0.148. The topological polar surface area (TPSA) is 59.8 Å². The van der Waals surface area contributed by atoms with E-state index < -0.39 is 0 Å². The Morgan fingerprint density at radius 1 is 1.26 bits per heavy atom. The first-order chi connectivity index (χ1) is 11.0. The average Bonchev–Trinajstić information content (AvgIpc) is 2.92. The molecule has 0 radical (unpaired) electrons. The lowest BCUT2D eigenvalue weighted by Crippen LogP contribution is -2.13. The molecule has 1 amide bonds. The summed E-state index contributed by atoms with van der Waals surface area (Å²) in [4.78, 5) is 17.1. The lowest BCUT2D eigenvalue weighted by atomic mass is 10.1. The van der Waals surface area contributed by atoms with Gasteiger partial charge in [0.05, 0.1) is 17.1 Å². The highest BCUT2D eigenvalue weighted by Crippen LogP contribution is 2.22. The molecule has 1 aromatic carbocycles. The molecule has 0 aliphatic rings. The van der Waals surface area contributed by atoms with Crippen LogP contribution in [0.1, 0.15) is 35.9 Å². The Balaban J connectivity index is 2.01. The van der Waals surface area contributed by atoms with Gasteiger partial charge in [0.1, 0.15) is 5.82 Å². The molecule has 0 aliphatic carbocycles. The summed E-state index contributed by atoms with van der Waals surface area (Å²) in [5.74, 6) is -0.612. The van der Waals surface area contributed by atoms with Crippen LogP contribution in [0.5, 0.6) is 0 Å². The quantitative estimate of drug-likeness (QED) is 0.802. The fraction of sp³-hybridized carbons (Fsp3) is 0.235. The minimum atomic E-state index is -0.344. The van der Waals surface area contributed by atoms with Crippen molar-refractivity contribution < 1.29 is 9.18 Å². The van der Waals surface area contributed by atoms with Crippen LogP contribution in [-0.4, -0.2) is 20.7 Å².